The zero-order valence-corrected chi connectivity index (χ0v) is 11.9. The summed E-state index contributed by atoms with van der Waals surface area (Å²) >= 11 is 0. The molecule has 1 saturated carbocycles. The van der Waals surface area contributed by atoms with Crippen LogP contribution in [0.25, 0.3) is 0 Å². The van der Waals surface area contributed by atoms with Gasteiger partial charge >= 0.3 is 0 Å². The van der Waals surface area contributed by atoms with E-state index in [2.05, 4.69) is 16.3 Å². The van der Waals surface area contributed by atoms with Crippen LogP contribution >= 0.6 is 0 Å². The Labute approximate surface area is 123 Å². The number of nitrogens with zero attached hydrogens (tertiary/aromatic N) is 4. The van der Waals surface area contributed by atoms with E-state index in [4.69, 9.17) is 15.7 Å². The summed E-state index contributed by atoms with van der Waals surface area (Å²) in [6, 6.07) is 9.46. The lowest BCUT2D eigenvalue weighted by molar-refractivity contribution is 0.288. The molecule has 1 aliphatic carbocycles. The molecule has 0 radical (unpaired) electrons. The molecular formula is C15H17N5O. The summed E-state index contributed by atoms with van der Waals surface area (Å²) in [7, 11) is 1.95. The Kier molecular flexibility index (Phi) is 3.59. The number of ether oxygens (including phenoxy) is 1. The molecule has 1 heterocycles. The van der Waals surface area contributed by atoms with Crippen molar-refractivity contribution < 1.29 is 4.74 Å². The second-order valence-electron chi connectivity index (χ2n) is 5.39. The fourth-order valence-electron chi connectivity index (χ4n) is 2.53. The molecule has 21 heavy (non-hydrogen) atoms. The van der Waals surface area contributed by atoms with Gasteiger partial charge in [-0.15, -0.1) is 10.2 Å². The van der Waals surface area contributed by atoms with Crippen molar-refractivity contribution in [3.8, 4) is 11.8 Å². The van der Waals surface area contributed by atoms with Gasteiger partial charge in [0.05, 0.1) is 11.6 Å². The minimum absolute atomic E-state index is 0.292. The second-order valence-corrected chi connectivity index (χ2v) is 5.39. The number of hydrogen-bond donors (Lipinski definition) is 1. The number of aromatic nitrogens is 3. The lowest BCUT2D eigenvalue weighted by Gasteiger charge is -2.31. The molecule has 0 spiro atoms. The van der Waals surface area contributed by atoms with E-state index < -0.39 is 0 Å². The Hall–Kier alpha value is -2.39. The highest BCUT2D eigenvalue weighted by Crippen LogP contribution is 2.34. The Bertz CT molecular complexity index is 682. The molecule has 1 aromatic carbocycles. The molecule has 6 heteroatoms. The van der Waals surface area contributed by atoms with Crippen molar-refractivity contribution in [1.29, 1.82) is 5.26 Å². The third-order valence-corrected chi connectivity index (χ3v) is 3.87. The first-order chi connectivity index (χ1) is 10.2. The van der Waals surface area contributed by atoms with Crippen LogP contribution < -0.4 is 10.5 Å². The van der Waals surface area contributed by atoms with Gasteiger partial charge in [-0.05, 0) is 31.0 Å². The van der Waals surface area contributed by atoms with Gasteiger partial charge in [0.2, 0.25) is 0 Å². The Morgan fingerprint density at radius 1 is 1.43 bits per heavy atom. The molecule has 2 N–H and O–H groups in total. The molecule has 1 fully saturated rings. The van der Waals surface area contributed by atoms with Crippen molar-refractivity contribution in [2.45, 2.75) is 31.4 Å². The summed E-state index contributed by atoms with van der Waals surface area (Å²) in [4.78, 5) is 0. The van der Waals surface area contributed by atoms with Crippen molar-refractivity contribution in [1.82, 2.24) is 14.8 Å². The SMILES string of the molecule is Cn1c(COc2cccc(C#N)c2)nnc1C1CC(N)C1. The fourth-order valence-corrected chi connectivity index (χ4v) is 2.53. The predicted octanol–water partition coefficient (Wildman–Crippen LogP) is 1.47. The van der Waals surface area contributed by atoms with E-state index in [1.807, 2.05) is 17.7 Å². The van der Waals surface area contributed by atoms with Crippen molar-refractivity contribution in [2.24, 2.45) is 12.8 Å². The Morgan fingerprint density at radius 2 is 2.24 bits per heavy atom. The first-order valence-electron chi connectivity index (χ1n) is 6.94. The molecule has 108 valence electrons. The quantitative estimate of drug-likeness (QED) is 0.917. The van der Waals surface area contributed by atoms with E-state index in [1.165, 1.54) is 0 Å². The molecule has 6 nitrogen and oxygen atoms in total. The number of hydrogen-bond acceptors (Lipinski definition) is 5. The third kappa shape index (κ3) is 2.73. The van der Waals surface area contributed by atoms with Crippen LogP contribution in [0.15, 0.2) is 24.3 Å². The van der Waals surface area contributed by atoms with E-state index in [-0.39, 0.29) is 0 Å². The maximum Gasteiger partial charge on any atom is 0.170 e. The van der Waals surface area contributed by atoms with E-state index >= 15 is 0 Å². The summed E-state index contributed by atoms with van der Waals surface area (Å²) < 4.78 is 7.66. The first-order valence-corrected chi connectivity index (χ1v) is 6.94. The van der Waals surface area contributed by atoms with Crippen LogP contribution in [-0.2, 0) is 13.7 Å². The van der Waals surface area contributed by atoms with E-state index in [9.17, 15) is 0 Å². The molecule has 0 bridgehead atoms. The predicted molar refractivity (Wildman–Crippen MR) is 76.4 cm³/mol. The van der Waals surface area contributed by atoms with Gasteiger partial charge in [0.25, 0.3) is 0 Å². The zero-order chi connectivity index (χ0) is 14.8. The van der Waals surface area contributed by atoms with E-state index in [0.29, 0.717) is 29.9 Å². The normalized spacial score (nSPS) is 20.6. The van der Waals surface area contributed by atoms with Gasteiger partial charge < -0.3 is 15.0 Å². The largest absolute Gasteiger partial charge is 0.486 e. The number of rotatable bonds is 4. The first kappa shape index (κ1) is 13.6. The van der Waals surface area contributed by atoms with Gasteiger partial charge in [-0.1, -0.05) is 6.07 Å². The Morgan fingerprint density at radius 3 is 2.95 bits per heavy atom. The van der Waals surface area contributed by atoms with Gasteiger partial charge in [-0.2, -0.15) is 5.26 Å². The highest BCUT2D eigenvalue weighted by Gasteiger charge is 2.31. The van der Waals surface area contributed by atoms with Crippen molar-refractivity contribution in [2.75, 3.05) is 0 Å². The maximum atomic E-state index is 8.87. The summed E-state index contributed by atoms with van der Waals surface area (Å²) in [5.74, 6) is 2.81. The molecule has 0 unspecified atom stereocenters. The molecule has 3 rings (SSSR count). The van der Waals surface area contributed by atoms with Gasteiger partial charge in [0.15, 0.2) is 5.82 Å². The lowest BCUT2D eigenvalue weighted by atomic mass is 9.80. The minimum Gasteiger partial charge on any atom is -0.486 e. The third-order valence-electron chi connectivity index (χ3n) is 3.87. The van der Waals surface area contributed by atoms with Crippen LogP contribution in [-0.4, -0.2) is 20.8 Å². The molecule has 1 aromatic heterocycles. The van der Waals surface area contributed by atoms with E-state index in [1.54, 1.807) is 18.2 Å². The monoisotopic (exact) mass is 283 g/mol. The van der Waals surface area contributed by atoms with Crippen LogP contribution in [0.5, 0.6) is 5.75 Å². The molecule has 2 aromatic rings. The topological polar surface area (TPSA) is 89.8 Å². The second kappa shape index (κ2) is 5.54. The summed E-state index contributed by atoms with van der Waals surface area (Å²) in [5.41, 5.74) is 6.39. The van der Waals surface area contributed by atoms with Crippen LogP contribution in [0.2, 0.25) is 0 Å². The van der Waals surface area contributed by atoms with Crippen LogP contribution in [0.3, 0.4) is 0 Å². The highest BCUT2D eigenvalue weighted by atomic mass is 16.5. The van der Waals surface area contributed by atoms with Crippen LogP contribution in [0.1, 0.15) is 36.0 Å². The smallest absolute Gasteiger partial charge is 0.170 e. The maximum absolute atomic E-state index is 8.87. The Balaban J connectivity index is 1.67. The molecule has 0 amide bonds. The minimum atomic E-state index is 0.292. The summed E-state index contributed by atoms with van der Waals surface area (Å²) in [6.07, 6.45) is 1.94. The van der Waals surface area contributed by atoms with Gasteiger partial charge in [-0.3, -0.25) is 0 Å². The number of nitriles is 1. The van der Waals surface area contributed by atoms with E-state index in [0.717, 1.165) is 24.5 Å². The van der Waals surface area contributed by atoms with Gasteiger partial charge in [-0.25, -0.2) is 0 Å². The molecular weight excluding hydrogens is 266 g/mol. The zero-order valence-electron chi connectivity index (χ0n) is 11.9. The molecule has 1 aliphatic rings. The van der Waals surface area contributed by atoms with Crippen LogP contribution in [0, 0.1) is 11.3 Å². The van der Waals surface area contributed by atoms with Gasteiger partial charge in [0.1, 0.15) is 18.2 Å². The molecule has 0 aliphatic heterocycles. The fraction of sp³-hybridized carbons (Fsp3) is 0.400. The summed E-state index contributed by atoms with van der Waals surface area (Å²) in [6.45, 7) is 0.331. The lowest BCUT2D eigenvalue weighted by Crippen LogP contribution is -2.36. The average Bonchev–Trinajstić information content (AvgIpc) is 2.83. The van der Waals surface area contributed by atoms with Crippen molar-refractivity contribution in [3.63, 3.8) is 0 Å². The molecule has 0 atom stereocenters. The number of nitrogens with two attached hydrogens (primary N) is 1. The number of benzene rings is 1. The summed E-state index contributed by atoms with van der Waals surface area (Å²) in [5, 5.41) is 17.3. The van der Waals surface area contributed by atoms with Crippen LogP contribution in [0.4, 0.5) is 0 Å². The van der Waals surface area contributed by atoms with Crippen molar-refractivity contribution in [3.05, 3.63) is 41.5 Å². The van der Waals surface area contributed by atoms with Crippen molar-refractivity contribution >= 4 is 0 Å². The van der Waals surface area contributed by atoms with Gasteiger partial charge in [0, 0.05) is 19.0 Å². The average molecular weight is 283 g/mol. The molecule has 0 saturated heterocycles. The standard InChI is InChI=1S/C15H17N5O/c1-20-14(18-19-15(20)11-6-12(17)7-11)9-21-13-4-2-3-10(5-13)8-16/h2-5,11-12H,6-7,9,17H2,1H3. The highest BCUT2D eigenvalue weighted by molar-refractivity contribution is 5.36.